The van der Waals surface area contributed by atoms with Gasteiger partial charge in [-0.1, -0.05) is 92.5 Å². The van der Waals surface area contributed by atoms with Gasteiger partial charge in [0, 0.05) is 30.3 Å². The zero-order valence-corrected chi connectivity index (χ0v) is 27.4. The lowest BCUT2D eigenvalue weighted by atomic mass is 9.75. The van der Waals surface area contributed by atoms with E-state index in [0.29, 0.717) is 30.3 Å². The van der Waals surface area contributed by atoms with Gasteiger partial charge in [0.1, 0.15) is 11.5 Å². The number of aliphatic hydroxyl groups is 2. The fourth-order valence-electron chi connectivity index (χ4n) is 6.76. The zero-order chi connectivity index (χ0) is 30.7. The maximum Gasteiger partial charge on any atom is 0.122 e. The third-order valence-electron chi connectivity index (χ3n) is 8.56. The summed E-state index contributed by atoms with van der Waals surface area (Å²) in [6.07, 6.45) is 8.76. The molecule has 0 spiro atoms. The van der Waals surface area contributed by atoms with Crippen molar-refractivity contribution in [2.45, 2.75) is 137 Å². The molecule has 0 aliphatic rings. The van der Waals surface area contributed by atoms with E-state index in [9.17, 15) is 20.4 Å². The first-order valence-corrected chi connectivity index (χ1v) is 16.3. The number of benzene rings is 2. The molecule has 4 nitrogen and oxygen atoms in total. The highest BCUT2D eigenvalue weighted by Gasteiger charge is 2.29. The van der Waals surface area contributed by atoms with Gasteiger partial charge in [0.25, 0.3) is 0 Å². The standard InChI is InChI=1S/C37H60O4/c1-9-13-26(4)30-20-28(15-11-17-38)22-33(35(30)40)32(19-25(3)24-37(6,7)8)34-23-29(16-12-18-39)21-31(36(34)41)27(5)14-10-2/h20-23,25-27,32,38-41H,9-19,24H2,1-8H3. The number of aromatic hydroxyl groups is 2. The molecule has 0 fully saturated rings. The van der Waals surface area contributed by atoms with E-state index in [4.69, 9.17) is 0 Å². The van der Waals surface area contributed by atoms with Crippen molar-refractivity contribution in [3.63, 3.8) is 0 Å². The van der Waals surface area contributed by atoms with E-state index in [0.717, 1.165) is 84.7 Å². The Hall–Kier alpha value is -2.04. The smallest absolute Gasteiger partial charge is 0.122 e. The SMILES string of the molecule is CCCC(C)c1cc(CCCO)cc(C(CC(C)CC(C)(C)C)c2cc(CCCO)cc(C(C)CCC)c2O)c1O. The first-order chi connectivity index (χ1) is 19.4. The van der Waals surface area contributed by atoms with Crippen LogP contribution in [0.3, 0.4) is 0 Å². The van der Waals surface area contributed by atoms with E-state index in [2.05, 4.69) is 79.7 Å². The second kappa shape index (κ2) is 16.6. The average molecular weight is 569 g/mol. The van der Waals surface area contributed by atoms with Crippen LogP contribution in [0.1, 0.15) is 158 Å². The van der Waals surface area contributed by atoms with E-state index >= 15 is 0 Å². The average Bonchev–Trinajstić information content (AvgIpc) is 2.90. The van der Waals surface area contributed by atoms with Crippen LogP contribution >= 0.6 is 0 Å². The Kier molecular flexibility index (Phi) is 14.2. The third kappa shape index (κ3) is 10.3. The van der Waals surface area contributed by atoms with Gasteiger partial charge >= 0.3 is 0 Å². The molecule has 41 heavy (non-hydrogen) atoms. The maximum absolute atomic E-state index is 11.9. The Balaban J connectivity index is 2.86. The van der Waals surface area contributed by atoms with Crippen LogP contribution in [0.4, 0.5) is 0 Å². The molecule has 3 unspecified atom stereocenters. The number of rotatable bonds is 17. The molecule has 0 aromatic heterocycles. The molecule has 0 aliphatic carbocycles. The molecule has 3 atom stereocenters. The second-order valence-corrected chi connectivity index (χ2v) is 13.9. The van der Waals surface area contributed by atoms with Crippen molar-refractivity contribution < 1.29 is 20.4 Å². The van der Waals surface area contributed by atoms with Crippen molar-refractivity contribution in [1.82, 2.24) is 0 Å². The van der Waals surface area contributed by atoms with Gasteiger partial charge in [-0.15, -0.1) is 0 Å². The summed E-state index contributed by atoms with van der Waals surface area (Å²) in [4.78, 5) is 0. The van der Waals surface area contributed by atoms with Crippen LogP contribution in [0.5, 0.6) is 11.5 Å². The summed E-state index contributed by atoms with van der Waals surface area (Å²) in [5, 5.41) is 43.0. The highest BCUT2D eigenvalue weighted by atomic mass is 16.3. The summed E-state index contributed by atoms with van der Waals surface area (Å²) >= 11 is 0. The molecule has 4 N–H and O–H groups in total. The van der Waals surface area contributed by atoms with Crippen LogP contribution in [0.15, 0.2) is 24.3 Å². The van der Waals surface area contributed by atoms with Gasteiger partial charge in [-0.3, -0.25) is 0 Å². The van der Waals surface area contributed by atoms with Gasteiger partial charge in [-0.2, -0.15) is 0 Å². The van der Waals surface area contributed by atoms with Crippen molar-refractivity contribution in [2.75, 3.05) is 13.2 Å². The number of hydrogen-bond donors (Lipinski definition) is 4. The fraction of sp³-hybridized carbons (Fsp3) is 0.676. The third-order valence-corrected chi connectivity index (χ3v) is 8.56. The highest BCUT2D eigenvalue weighted by Crippen LogP contribution is 2.47. The molecule has 0 heterocycles. The molecule has 0 aliphatic heterocycles. The van der Waals surface area contributed by atoms with Gasteiger partial charge in [0.2, 0.25) is 0 Å². The molecule has 2 rings (SSSR count). The molecule has 4 heteroatoms. The Bertz CT molecular complexity index is 994. The topological polar surface area (TPSA) is 80.9 Å². The lowest BCUT2D eigenvalue weighted by Crippen LogP contribution is -2.16. The number of aliphatic hydroxyl groups excluding tert-OH is 2. The van der Waals surface area contributed by atoms with Crippen molar-refractivity contribution in [3.8, 4) is 11.5 Å². The van der Waals surface area contributed by atoms with Crippen molar-refractivity contribution in [1.29, 1.82) is 0 Å². The van der Waals surface area contributed by atoms with Crippen LogP contribution in [0.25, 0.3) is 0 Å². The van der Waals surface area contributed by atoms with Gasteiger partial charge in [0.05, 0.1) is 0 Å². The van der Waals surface area contributed by atoms with Crippen LogP contribution in [0.2, 0.25) is 0 Å². The number of hydrogen-bond acceptors (Lipinski definition) is 4. The molecule has 2 aromatic carbocycles. The monoisotopic (exact) mass is 568 g/mol. The summed E-state index contributed by atoms with van der Waals surface area (Å²) in [5.41, 5.74) is 6.16. The number of aryl methyl sites for hydroxylation is 2. The summed E-state index contributed by atoms with van der Waals surface area (Å²) < 4.78 is 0. The van der Waals surface area contributed by atoms with Crippen LogP contribution in [-0.2, 0) is 12.8 Å². The summed E-state index contributed by atoms with van der Waals surface area (Å²) in [6.45, 7) is 18.1. The Morgan fingerprint density at radius 3 is 1.39 bits per heavy atom. The predicted molar refractivity (Wildman–Crippen MR) is 173 cm³/mol. The van der Waals surface area contributed by atoms with E-state index in [1.165, 1.54) is 0 Å². The lowest BCUT2D eigenvalue weighted by molar-refractivity contribution is 0.288. The first-order valence-electron chi connectivity index (χ1n) is 16.3. The van der Waals surface area contributed by atoms with E-state index in [1.807, 2.05) is 0 Å². The lowest BCUT2D eigenvalue weighted by Gasteiger charge is -2.30. The van der Waals surface area contributed by atoms with Gasteiger partial charge in [0.15, 0.2) is 0 Å². The fourth-order valence-corrected chi connectivity index (χ4v) is 6.76. The van der Waals surface area contributed by atoms with E-state index < -0.39 is 0 Å². The molecule has 0 bridgehead atoms. The van der Waals surface area contributed by atoms with Gasteiger partial charge < -0.3 is 20.4 Å². The van der Waals surface area contributed by atoms with Crippen molar-refractivity contribution >= 4 is 0 Å². The number of phenolic OH excluding ortho intramolecular Hbond substituents is 2. The van der Waals surface area contributed by atoms with Crippen LogP contribution < -0.4 is 0 Å². The molecule has 0 radical (unpaired) electrons. The first kappa shape index (κ1) is 35.2. The Morgan fingerprint density at radius 1 is 0.659 bits per heavy atom. The molecular formula is C37H60O4. The molecule has 232 valence electrons. The molecule has 2 aromatic rings. The molecule has 0 saturated carbocycles. The number of phenols is 2. The van der Waals surface area contributed by atoms with E-state index in [-0.39, 0.29) is 36.4 Å². The predicted octanol–water partition coefficient (Wildman–Crippen LogP) is 9.35. The van der Waals surface area contributed by atoms with Gasteiger partial charge in [-0.25, -0.2) is 0 Å². The molecule has 0 saturated heterocycles. The van der Waals surface area contributed by atoms with E-state index in [1.54, 1.807) is 0 Å². The minimum Gasteiger partial charge on any atom is -0.507 e. The quantitative estimate of drug-likeness (QED) is 0.153. The Labute approximate surface area is 251 Å². The van der Waals surface area contributed by atoms with Crippen molar-refractivity contribution in [3.05, 3.63) is 57.6 Å². The minimum atomic E-state index is -0.171. The zero-order valence-electron chi connectivity index (χ0n) is 27.4. The summed E-state index contributed by atoms with van der Waals surface area (Å²) in [5.74, 6) is 1.34. The highest BCUT2D eigenvalue weighted by molar-refractivity contribution is 5.55. The minimum absolute atomic E-state index is 0.133. The van der Waals surface area contributed by atoms with Crippen molar-refractivity contribution in [2.24, 2.45) is 11.3 Å². The molecular weight excluding hydrogens is 508 g/mol. The summed E-state index contributed by atoms with van der Waals surface area (Å²) in [6, 6.07) is 8.54. The van der Waals surface area contributed by atoms with Gasteiger partial charge in [-0.05, 0) is 96.8 Å². The normalized spacial score (nSPS) is 15.1. The maximum atomic E-state index is 11.9. The van der Waals surface area contributed by atoms with Crippen LogP contribution in [-0.4, -0.2) is 33.6 Å². The summed E-state index contributed by atoms with van der Waals surface area (Å²) in [7, 11) is 0. The Morgan fingerprint density at radius 2 is 1.05 bits per heavy atom. The molecule has 0 amide bonds. The van der Waals surface area contributed by atoms with Crippen LogP contribution in [0, 0.1) is 11.3 Å². The largest absolute Gasteiger partial charge is 0.507 e. The second-order valence-electron chi connectivity index (χ2n) is 13.9.